The highest BCUT2D eigenvalue weighted by Gasteiger charge is 2.22. The lowest BCUT2D eigenvalue weighted by molar-refractivity contribution is 0.582. The Labute approximate surface area is 90.1 Å². The van der Waals surface area contributed by atoms with Crippen LogP contribution in [-0.4, -0.2) is 14.1 Å². The Hall–Kier alpha value is -1.36. The Kier molecular flexibility index (Phi) is 3.47. The molecule has 0 spiro atoms. The number of rotatable bonds is 0. The smallest absolute Gasteiger partial charge is 0.200 e. The van der Waals surface area contributed by atoms with Crippen molar-refractivity contribution < 1.29 is 8.42 Å². The average Bonchev–Trinajstić information content (AvgIpc) is 2.27. The number of nitrogens with one attached hydrogen (secondary N) is 1. The molecule has 15 heavy (non-hydrogen) atoms. The number of hydrogen-bond donors (Lipinski definition) is 1. The van der Waals surface area contributed by atoms with Gasteiger partial charge in [-0.3, -0.25) is 0 Å². The van der Waals surface area contributed by atoms with Gasteiger partial charge < -0.3 is 0 Å². The zero-order valence-corrected chi connectivity index (χ0v) is 9.80. The highest BCUT2D eigenvalue weighted by molar-refractivity contribution is 7.89. The summed E-state index contributed by atoms with van der Waals surface area (Å²) in [5.74, 6) is 0. The van der Waals surface area contributed by atoms with Crippen LogP contribution in [0.25, 0.3) is 0 Å². The molecular weight excluding hydrogens is 212 g/mol. The van der Waals surface area contributed by atoms with Crippen LogP contribution in [0.3, 0.4) is 0 Å². The third-order valence-corrected chi connectivity index (χ3v) is 3.17. The molecule has 1 aromatic rings. The van der Waals surface area contributed by atoms with Gasteiger partial charge >= 0.3 is 0 Å². The number of hydrazone groups is 1. The van der Waals surface area contributed by atoms with E-state index in [1.54, 1.807) is 31.2 Å². The van der Waals surface area contributed by atoms with Crippen LogP contribution in [0.2, 0.25) is 0 Å². The van der Waals surface area contributed by atoms with Crippen molar-refractivity contribution in [2.45, 2.75) is 25.7 Å². The predicted octanol–water partition coefficient (Wildman–Crippen LogP) is 1.73. The quantitative estimate of drug-likeness (QED) is 0.732. The van der Waals surface area contributed by atoms with E-state index < -0.39 is 10.0 Å². The molecule has 1 aliphatic heterocycles. The number of hydrogen-bond acceptors (Lipinski definition) is 3. The lowest BCUT2D eigenvalue weighted by atomic mass is 10.1. The summed E-state index contributed by atoms with van der Waals surface area (Å²) in [6, 6.07) is 6.79. The standard InChI is InChI=1S/C8H8N2O2S.C2H6/c1-6-7-4-2-3-5-8(7)13(11,12)10-9-6;1-2/h2-5,10H,1H3;1-2H3. The second-order valence-corrected chi connectivity index (χ2v) is 4.42. The second kappa shape index (κ2) is 4.44. The molecule has 0 radical (unpaired) electrons. The monoisotopic (exact) mass is 226 g/mol. The summed E-state index contributed by atoms with van der Waals surface area (Å²) in [4.78, 5) is 2.42. The molecule has 0 unspecified atom stereocenters. The van der Waals surface area contributed by atoms with Crippen molar-refractivity contribution in [3.05, 3.63) is 29.8 Å². The second-order valence-electron chi connectivity index (χ2n) is 2.79. The number of benzene rings is 1. The van der Waals surface area contributed by atoms with E-state index in [9.17, 15) is 8.42 Å². The third kappa shape index (κ3) is 2.18. The van der Waals surface area contributed by atoms with E-state index in [1.165, 1.54) is 0 Å². The Balaban J connectivity index is 0.000000531. The van der Waals surface area contributed by atoms with Crippen LogP contribution in [0, 0.1) is 0 Å². The van der Waals surface area contributed by atoms with Gasteiger partial charge in [0.15, 0.2) is 0 Å². The molecule has 0 aliphatic carbocycles. The average molecular weight is 226 g/mol. The summed E-state index contributed by atoms with van der Waals surface area (Å²) in [5.41, 5.74) is 1.35. The Morgan fingerprint density at radius 3 is 2.40 bits per heavy atom. The molecule has 1 heterocycles. The Morgan fingerprint density at radius 1 is 1.20 bits per heavy atom. The fraction of sp³-hybridized carbons (Fsp3) is 0.300. The van der Waals surface area contributed by atoms with Crippen LogP contribution >= 0.6 is 0 Å². The molecule has 0 saturated carbocycles. The van der Waals surface area contributed by atoms with Gasteiger partial charge in [-0.2, -0.15) is 18.4 Å². The van der Waals surface area contributed by atoms with Crippen LogP contribution < -0.4 is 4.83 Å². The van der Waals surface area contributed by atoms with Gasteiger partial charge in [0.05, 0.1) is 10.6 Å². The molecule has 4 nitrogen and oxygen atoms in total. The minimum absolute atomic E-state index is 0.294. The van der Waals surface area contributed by atoms with Gasteiger partial charge in [0, 0.05) is 5.56 Å². The van der Waals surface area contributed by atoms with E-state index in [0.29, 0.717) is 16.2 Å². The zero-order valence-electron chi connectivity index (χ0n) is 8.98. The maximum absolute atomic E-state index is 11.4. The van der Waals surface area contributed by atoms with E-state index in [2.05, 4.69) is 9.93 Å². The maximum atomic E-state index is 11.4. The summed E-state index contributed by atoms with van der Waals surface area (Å²) in [6.45, 7) is 5.76. The van der Waals surface area contributed by atoms with Crippen LogP contribution in [0.4, 0.5) is 0 Å². The predicted molar refractivity (Wildman–Crippen MR) is 60.3 cm³/mol. The van der Waals surface area contributed by atoms with E-state index in [0.717, 1.165) is 0 Å². The largest absolute Gasteiger partial charge is 0.277 e. The van der Waals surface area contributed by atoms with Gasteiger partial charge in [0.1, 0.15) is 0 Å². The van der Waals surface area contributed by atoms with Gasteiger partial charge in [0.2, 0.25) is 0 Å². The van der Waals surface area contributed by atoms with Crippen molar-refractivity contribution in [3.8, 4) is 0 Å². The van der Waals surface area contributed by atoms with Crippen LogP contribution in [0.5, 0.6) is 0 Å². The van der Waals surface area contributed by atoms with Crippen molar-refractivity contribution in [1.29, 1.82) is 0 Å². The Morgan fingerprint density at radius 2 is 1.80 bits per heavy atom. The fourth-order valence-electron chi connectivity index (χ4n) is 1.24. The molecule has 2 rings (SSSR count). The van der Waals surface area contributed by atoms with Crippen molar-refractivity contribution in [2.24, 2.45) is 5.10 Å². The minimum atomic E-state index is -3.41. The van der Waals surface area contributed by atoms with Crippen molar-refractivity contribution in [2.75, 3.05) is 0 Å². The molecule has 0 fully saturated rings. The summed E-state index contributed by atoms with van der Waals surface area (Å²) >= 11 is 0. The fourth-order valence-corrected chi connectivity index (χ4v) is 2.36. The first-order chi connectivity index (χ1) is 7.11. The minimum Gasteiger partial charge on any atom is -0.200 e. The molecule has 0 amide bonds. The molecule has 1 N–H and O–H groups in total. The van der Waals surface area contributed by atoms with Crippen LogP contribution in [0.15, 0.2) is 34.3 Å². The van der Waals surface area contributed by atoms with Gasteiger partial charge in [-0.1, -0.05) is 32.0 Å². The zero-order chi connectivity index (χ0) is 11.5. The molecule has 0 aromatic heterocycles. The van der Waals surface area contributed by atoms with E-state index in [1.807, 2.05) is 13.8 Å². The highest BCUT2D eigenvalue weighted by atomic mass is 32.2. The molecule has 0 saturated heterocycles. The molecular formula is C10H14N2O2S. The first kappa shape index (κ1) is 11.7. The maximum Gasteiger partial charge on any atom is 0.277 e. The number of nitrogens with zero attached hydrogens (tertiary/aromatic N) is 1. The van der Waals surface area contributed by atoms with Gasteiger partial charge in [-0.15, -0.1) is 0 Å². The van der Waals surface area contributed by atoms with Crippen LogP contribution in [-0.2, 0) is 10.0 Å². The van der Waals surface area contributed by atoms with Crippen molar-refractivity contribution in [1.82, 2.24) is 4.83 Å². The normalized spacial score (nSPS) is 16.3. The number of sulfonamides is 1. The first-order valence-corrected chi connectivity index (χ1v) is 6.25. The molecule has 0 bridgehead atoms. The highest BCUT2D eigenvalue weighted by Crippen LogP contribution is 2.19. The topological polar surface area (TPSA) is 58.5 Å². The molecule has 0 atom stereocenters. The van der Waals surface area contributed by atoms with E-state index >= 15 is 0 Å². The van der Waals surface area contributed by atoms with E-state index in [-0.39, 0.29) is 0 Å². The number of fused-ring (bicyclic) bond motifs is 1. The molecule has 1 aromatic carbocycles. The van der Waals surface area contributed by atoms with Gasteiger partial charge in [0.25, 0.3) is 10.0 Å². The van der Waals surface area contributed by atoms with E-state index in [4.69, 9.17) is 0 Å². The molecule has 82 valence electrons. The summed E-state index contributed by atoms with van der Waals surface area (Å²) in [7, 11) is -3.41. The van der Waals surface area contributed by atoms with Gasteiger partial charge in [-0.25, -0.2) is 0 Å². The Bertz CT molecular complexity index is 478. The molecule has 5 heteroatoms. The summed E-state index contributed by atoms with van der Waals surface area (Å²) in [6.07, 6.45) is 0. The summed E-state index contributed by atoms with van der Waals surface area (Å²) in [5, 5.41) is 3.70. The summed E-state index contributed by atoms with van der Waals surface area (Å²) < 4.78 is 22.8. The lowest BCUT2D eigenvalue weighted by Gasteiger charge is -2.14. The van der Waals surface area contributed by atoms with Gasteiger partial charge in [-0.05, 0) is 13.0 Å². The third-order valence-electron chi connectivity index (χ3n) is 1.90. The van der Waals surface area contributed by atoms with Crippen molar-refractivity contribution >= 4 is 15.7 Å². The first-order valence-electron chi connectivity index (χ1n) is 4.77. The van der Waals surface area contributed by atoms with Crippen molar-refractivity contribution in [3.63, 3.8) is 0 Å². The SMILES string of the molecule is CC.CC1=NNS(=O)(=O)c2ccccc21. The van der Waals surface area contributed by atoms with Crippen LogP contribution in [0.1, 0.15) is 26.3 Å². The molecule has 1 aliphatic rings. The lowest BCUT2D eigenvalue weighted by Crippen LogP contribution is -2.26.